The highest BCUT2D eigenvalue weighted by molar-refractivity contribution is 7.25. The molecule has 3 aromatic carbocycles. The van der Waals surface area contributed by atoms with Gasteiger partial charge in [0.2, 0.25) is 0 Å². The van der Waals surface area contributed by atoms with Crippen LogP contribution in [-0.2, 0) is 0 Å². The van der Waals surface area contributed by atoms with E-state index in [1.165, 1.54) is 4.70 Å². The first-order valence-corrected chi connectivity index (χ1v) is 14.4. The summed E-state index contributed by atoms with van der Waals surface area (Å²) in [6.45, 7) is 0. The van der Waals surface area contributed by atoms with Crippen LogP contribution in [0, 0.1) is 0 Å². The zero-order chi connectivity index (χ0) is 26.9. The number of anilines is 5. The van der Waals surface area contributed by atoms with Gasteiger partial charge in [-0.25, -0.2) is 9.97 Å². The van der Waals surface area contributed by atoms with Gasteiger partial charge in [-0.05, 0) is 67.4 Å². The third-order valence-electron chi connectivity index (χ3n) is 7.80. The Morgan fingerprint density at radius 1 is 0.634 bits per heavy atom. The first-order valence-electron chi connectivity index (χ1n) is 13.6. The fraction of sp³-hybridized carbons (Fsp3) is 0.0588. The van der Waals surface area contributed by atoms with Gasteiger partial charge in [0.15, 0.2) is 17.2 Å². The van der Waals surface area contributed by atoms with Gasteiger partial charge in [0.1, 0.15) is 17.4 Å². The van der Waals surface area contributed by atoms with Crippen molar-refractivity contribution in [2.45, 2.75) is 12.8 Å². The molecule has 9 rings (SSSR count). The van der Waals surface area contributed by atoms with Gasteiger partial charge in [-0.1, -0.05) is 42.5 Å². The second-order valence-corrected chi connectivity index (χ2v) is 11.3. The average molecular weight is 551 g/mol. The van der Waals surface area contributed by atoms with Crippen molar-refractivity contribution < 1.29 is 9.47 Å². The summed E-state index contributed by atoms with van der Waals surface area (Å²) in [6, 6.07) is 28.7. The molecule has 6 nitrogen and oxygen atoms in total. The molecule has 2 aliphatic heterocycles. The van der Waals surface area contributed by atoms with E-state index in [2.05, 4.69) is 52.3 Å². The fourth-order valence-corrected chi connectivity index (χ4v) is 7.05. The molecule has 3 aliphatic rings. The second kappa shape index (κ2) is 8.68. The minimum atomic E-state index is 0.815. The zero-order valence-electron chi connectivity index (χ0n) is 21.8. The van der Waals surface area contributed by atoms with E-state index in [0.29, 0.717) is 0 Å². The fourth-order valence-electron chi connectivity index (χ4n) is 5.94. The van der Waals surface area contributed by atoms with Crippen molar-refractivity contribution in [1.29, 1.82) is 0 Å². The minimum absolute atomic E-state index is 0.815. The van der Waals surface area contributed by atoms with Crippen LogP contribution in [0.25, 0.3) is 20.2 Å². The molecule has 196 valence electrons. The molecule has 0 saturated heterocycles. The molecule has 0 bridgehead atoms. The maximum absolute atomic E-state index is 6.25. The average Bonchev–Trinajstić information content (AvgIpc) is 3.39. The van der Waals surface area contributed by atoms with Crippen molar-refractivity contribution in [1.82, 2.24) is 9.97 Å². The molecule has 6 aromatic rings. The quantitative estimate of drug-likeness (QED) is 0.214. The number of nitrogens with zero attached hydrogens (tertiary/aromatic N) is 4. The van der Waals surface area contributed by atoms with Crippen LogP contribution in [0.2, 0.25) is 0 Å². The van der Waals surface area contributed by atoms with Crippen LogP contribution in [-0.4, -0.2) is 9.97 Å². The number of aromatic nitrogens is 2. The van der Waals surface area contributed by atoms with E-state index in [4.69, 9.17) is 19.4 Å². The van der Waals surface area contributed by atoms with Crippen LogP contribution in [0.1, 0.15) is 12.8 Å². The summed E-state index contributed by atoms with van der Waals surface area (Å²) in [4.78, 5) is 14.4. The lowest BCUT2D eigenvalue weighted by Crippen LogP contribution is -2.25. The van der Waals surface area contributed by atoms with Crippen molar-refractivity contribution in [2.75, 3.05) is 9.80 Å². The van der Waals surface area contributed by atoms with Crippen molar-refractivity contribution in [2.24, 2.45) is 0 Å². The van der Waals surface area contributed by atoms with Gasteiger partial charge < -0.3 is 9.47 Å². The van der Waals surface area contributed by atoms with E-state index in [1.807, 2.05) is 67.0 Å². The Morgan fingerprint density at radius 2 is 1.17 bits per heavy atom. The number of thiophene rings is 1. The molecule has 0 unspecified atom stereocenters. The molecule has 7 heteroatoms. The highest BCUT2D eigenvalue weighted by atomic mass is 32.1. The summed E-state index contributed by atoms with van der Waals surface area (Å²) < 4.78 is 14.8. The van der Waals surface area contributed by atoms with Crippen LogP contribution in [0.5, 0.6) is 17.2 Å². The number of para-hydroxylation sites is 6. The second-order valence-electron chi connectivity index (χ2n) is 10.2. The van der Waals surface area contributed by atoms with E-state index < -0.39 is 0 Å². The Bertz CT molecular complexity index is 2050. The van der Waals surface area contributed by atoms with E-state index in [9.17, 15) is 0 Å². The highest BCUT2D eigenvalue weighted by Crippen LogP contribution is 2.51. The third kappa shape index (κ3) is 3.42. The monoisotopic (exact) mass is 550 g/mol. The smallest absolute Gasteiger partial charge is 0.151 e. The third-order valence-corrected chi connectivity index (χ3v) is 8.92. The number of pyridine rings is 2. The Kier molecular flexibility index (Phi) is 4.80. The predicted octanol–water partition coefficient (Wildman–Crippen LogP) is 9.51. The Balaban J connectivity index is 1.18. The van der Waals surface area contributed by atoms with E-state index >= 15 is 0 Å². The molecule has 0 amide bonds. The normalized spacial score (nSPS) is 15.2. The molecular weight excluding hydrogens is 528 g/mol. The Labute approximate surface area is 240 Å². The molecule has 0 fully saturated rings. The van der Waals surface area contributed by atoms with Gasteiger partial charge in [0, 0.05) is 32.6 Å². The standard InChI is InChI=1S/C34H22N4O2S/c1-5-13-27-23(9-1)37(24-10-2-6-14-28(24)39-27)33-17-31-21(19-35-33)22-20-36-34(18-32(22)41-31)38-25-11-3-7-15-29(25)40-30-16-8-4-12-26(30)38/h1-3,5-11,13-20H,4,12H2. The first-order chi connectivity index (χ1) is 20.3. The topological polar surface area (TPSA) is 50.7 Å². The summed E-state index contributed by atoms with van der Waals surface area (Å²) in [6.07, 6.45) is 10.1. The van der Waals surface area contributed by atoms with E-state index in [1.54, 1.807) is 11.3 Å². The van der Waals surface area contributed by atoms with Crippen LogP contribution >= 0.6 is 11.3 Å². The van der Waals surface area contributed by atoms with Gasteiger partial charge in [-0.3, -0.25) is 9.80 Å². The van der Waals surface area contributed by atoms with Crippen LogP contribution in [0.3, 0.4) is 0 Å². The number of fused-ring (bicyclic) bond motifs is 6. The lowest BCUT2D eigenvalue weighted by atomic mass is 10.0. The summed E-state index contributed by atoms with van der Waals surface area (Å²) in [5.41, 5.74) is 4.11. The van der Waals surface area contributed by atoms with Gasteiger partial charge >= 0.3 is 0 Å². The van der Waals surface area contributed by atoms with Gasteiger partial charge in [-0.15, -0.1) is 11.3 Å². The van der Waals surface area contributed by atoms with Gasteiger partial charge in [-0.2, -0.15) is 0 Å². The molecule has 0 atom stereocenters. The SMILES string of the molecule is C1=CC2=C(CC1)N(c1cc3sc4cc(N5c6ccccc6Oc6ccccc65)ncc4c3cn1)c1ccccc1O2. The maximum Gasteiger partial charge on any atom is 0.151 e. The van der Waals surface area contributed by atoms with Crippen LogP contribution in [0.15, 0.2) is 121 Å². The summed E-state index contributed by atoms with van der Waals surface area (Å²) in [5.74, 6) is 5.12. The molecule has 0 radical (unpaired) electrons. The van der Waals surface area contributed by atoms with E-state index in [0.717, 1.165) is 85.7 Å². The molecule has 0 saturated carbocycles. The number of rotatable bonds is 2. The van der Waals surface area contributed by atoms with Crippen molar-refractivity contribution in [3.63, 3.8) is 0 Å². The predicted molar refractivity (Wildman–Crippen MR) is 164 cm³/mol. The number of hydrogen-bond donors (Lipinski definition) is 0. The molecule has 41 heavy (non-hydrogen) atoms. The molecule has 1 aliphatic carbocycles. The lowest BCUT2D eigenvalue weighted by Gasteiger charge is -2.34. The molecule has 0 N–H and O–H groups in total. The minimum Gasteiger partial charge on any atom is -0.453 e. The molecular formula is C34H22N4O2S. The molecule has 5 heterocycles. The number of allylic oxidation sites excluding steroid dienone is 3. The largest absolute Gasteiger partial charge is 0.453 e. The highest BCUT2D eigenvalue weighted by Gasteiger charge is 2.30. The Hall–Kier alpha value is -5.14. The number of hydrogen-bond acceptors (Lipinski definition) is 7. The zero-order valence-corrected chi connectivity index (χ0v) is 22.6. The van der Waals surface area contributed by atoms with Crippen LogP contribution < -0.4 is 19.3 Å². The van der Waals surface area contributed by atoms with Crippen molar-refractivity contribution in [3.8, 4) is 17.2 Å². The molecule has 3 aromatic heterocycles. The summed E-state index contributed by atoms with van der Waals surface area (Å²) in [7, 11) is 0. The van der Waals surface area contributed by atoms with E-state index in [-0.39, 0.29) is 0 Å². The number of benzene rings is 3. The van der Waals surface area contributed by atoms with Gasteiger partial charge in [0.25, 0.3) is 0 Å². The lowest BCUT2D eigenvalue weighted by molar-refractivity contribution is 0.420. The van der Waals surface area contributed by atoms with Crippen molar-refractivity contribution in [3.05, 3.63) is 121 Å². The van der Waals surface area contributed by atoms with Gasteiger partial charge in [0.05, 0.1) is 22.8 Å². The maximum atomic E-state index is 6.25. The van der Waals surface area contributed by atoms with Crippen LogP contribution in [0.4, 0.5) is 28.7 Å². The van der Waals surface area contributed by atoms with Crippen molar-refractivity contribution >= 4 is 60.2 Å². The first kappa shape index (κ1) is 22.7. The molecule has 0 spiro atoms. The Morgan fingerprint density at radius 3 is 1.80 bits per heavy atom. The number of ether oxygens (including phenoxy) is 2. The summed E-state index contributed by atoms with van der Waals surface area (Å²) >= 11 is 1.77. The summed E-state index contributed by atoms with van der Waals surface area (Å²) in [5, 5.41) is 2.21.